The molecule has 0 atom stereocenters. The summed E-state index contributed by atoms with van der Waals surface area (Å²) in [5, 5.41) is 9.36. The van der Waals surface area contributed by atoms with Crippen molar-refractivity contribution in [2.24, 2.45) is 0 Å². The van der Waals surface area contributed by atoms with E-state index >= 15 is 0 Å². The number of piperidine rings is 1. The maximum absolute atomic E-state index is 11.4. The Hall–Kier alpha value is -0.610. The molecule has 0 spiro atoms. The summed E-state index contributed by atoms with van der Waals surface area (Å²) in [6.45, 7) is 6.82. The van der Waals surface area contributed by atoms with E-state index in [9.17, 15) is 9.90 Å². The highest BCUT2D eigenvalue weighted by atomic mass is 16.4. The number of hydrogen-bond acceptors (Lipinski definition) is 3. The van der Waals surface area contributed by atoms with Crippen molar-refractivity contribution in [3.05, 3.63) is 0 Å². The van der Waals surface area contributed by atoms with Crippen LogP contribution >= 0.6 is 0 Å². The van der Waals surface area contributed by atoms with Gasteiger partial charge in [0.05, 0.1) is 6.42 Å². The topological polar surface area (TPSA) is 43.8 Å². The van der Waals surface area contributed by atoms with Crippen molar-refractivity contribution in [1.82, 2.24) is 9.80 Å². The Labute approximate surface area is 129 Å². The second-order valence-corrected chi connectivity index (χ2v) is 7.33. The van der Waals surface area contributed by atoms with Gasteiger partial charge < -0.3 is 10.0 Å². The Morgan fingerprint density at radius 1 is 1.24 bits per heavy atom. The van der Waals surface area contributed by atoms with E-state index in [1.54, 1.807) is 0 Å². The molecule has 0 radical (unpaired) electrons. The zero-order chi connectivity index (χ0) is 15.5. The molecule has 4 heteroatoms. The van der Waals surface area contributed by atoms with Gasteiger partial charge in [-0.3, -0.25) is 9.69 Å². The van der Waals surface area contributed by atoms with Crippen molar-refractivity contribution < 1.29 is 9.90 Å². The highest BCUT2D eigenvalue weighted by molar-refractivity contribution is 5.68. The molecule has 1 saturated heterocycles. The van der Waals surface area contributed by atoms with E-state index in [2.05, 4.69) is 30.7 Å². The smallest absolute Gasteiger partial charge is 0.305 e. The highest BCUT2D eigenvalue weighted by Gasteiger charge is 2.41. The molecule has 0 bridgehead atoms. The number of rotatable bonds is 5. The lowest BCUT2D eigenvalue weighted by Gasteiger charge is -2.50. The van der Waals surface area contributed by atoms with E-state index in [1.165, 1.54) is 32.1 Å². The molecule has 2 rings (SSSR count). The van der Waals surface area contributed by atoms with E-state index in [0.717, 1.165) is 25.9 Å². The Morgan fingerprint density at radius 2 is 1.81 bits per heavy atom. The van der Waals surface area contributed by atoms with Crippen molar-refractivity contribution >= 4 is 5.97 Å². The number of hydrogen-bond donors (Lipinski definition) is 1. The fraction of sp³-hybridized carbons (Fsp3) is 0.941. The first kappa shape index (κ1) is 16.8. The second-order valence-electron chi connectivity index (χ2n) is 7.33. The van der Waals surface area contributed by atoms with Gasteiger partial charge in [-0.25, -0.2) is 0 Å². The first-order valence-electron chi connectivity index (χ1n) is 8.63. The van der Waals surface area contributed by atoms with Gasteiger partial charge in [-0.2, -0.15) is 0 Å². The molecule has 2 fully saturated rings. The molecule has 0 aromatic carbocycles. The predicted octanol–water partition coefficient (Wildman–Crippen LogP) is 2.97. The van der Waals surface area contributed by atoms with Gasteiger partial charge >= 0.3 is 5.97 Å². The molecule has 21 heavy (non-hydrogen) atoms. The number of carboxylic acid groups (broad SMARTS) is 1. The lowest BCUT2D eigenvalue weighted by molar-refractivity contribution is -0.142. The highest BCUT2D eigenvalue weighted by Crippen LogP contribution is 2.38. The Morgan fingerprint density at radius 3 is 2.29 bits per heavy atom. The Kier molecular flexibility index (Phi) is 5.67. The molecule has 1 heterocycles. The van der Waals surface area contributed by atoms with Crippen LogP contribution < -0.4 is 0 Å². The summed E-state index contributed by atoms with van der Waals surface area (Å²) in [6.07, 6.45) is 8.41. The molecule has 1 saturated carbocycles. The van der Waals surface area contributed by atoms with Gasteiger partial charge in [0.25, 0.3) is 0 Å². The summed E-state index contributed by atoms with van der Waals surface area (Å²) < 4.78 is 0. The summed E-state index contributed by atoms with van der Waals surface area (Å²) in [5.41, 5.74) is -0.0885. The van der Waals surface area contributed by atoms with E-state index in [0.29, 0.717) is 18.5 Å². The molecule has 2 aliphatic rings. The van der Waals surface area contributed by atoms with Gasteiger partial charge in [0.1, 0.15) is 0 Å². The second kappa shape index (κ2) is 7.10. The number of likely N-dealkylation sites (tertiary alicyclic amines) is 1. The average Bonchev–Trinajstić information content (AvgIpc) is 2.47. The molecule has 0 unspecified atom stereocenters. The van der Waals surface area contributed by atoms with Gasteiger partial charge in [0.2, 0.25) is 0 Å². The van der Waals surface area contributed by atoms with Crippen molar-refractivity contribution in [2.45, 2.75) is 82.8 Å². The third kappa shape index (κ3) is 3.98. The minimum atomic E-state index is -0.636. The largest absolute Gasteiger partial charge is 0.481 e. The van der Waals surface area contributed by atoms with Crippen LogP contribution in [0.5, 0.6) is 0 Å². The van der Waals surface area contributed by atoms with Gasteiger partial charge in [-0.05, 0) is 59.7 Å². The van der Waals surface area contributed by atoms with Crippen LogP contribution in [0, 0.1) is 0 Å². The van der Waals surface area contributed by atoms with Crippen molar-refractivity contribution in [3.8, 4) is 0 Å². The quantitative estimate of drug-likeness (QED) is 0.847. The van der Waals surface area contributed by atoms with Crippen molar-refractivity contribution in [3.63, 3.8) is 0 Å². The van der Waals surface area contributed by atoms with Gasteiger partial charge in [0, 0.05) is 17.6 Å². The van der Waals surface area contributed by atoms with Crippen LogP contribution in [0.1, 0.15) is 65.2 Å². The van der Waals surface area contributed by atoms with E-state index in [-0.39, 0.29) is 5.54 Å². The Balaban J connectivity index is 2.01. The van der Waals surface area contributed by atoms with Crippen molar-refractivity contribution in [1.29, 1.82) is 0 Å². The minimum absolute atomic E-state index is 0.0885. The van der Waals surface area contributed by atoms with Crippen molar-refractivity contribution in [2.75, 3.05) is 20.1 Å². The predicted molar refractivity (Wildman–Crippen MR) is 85.6 cm³/mol. The Bertz CT molecular complexity index is 343. The lowest BCUT2D eigenvalue weighted by Crippen LogP contribution is -2.56. The molecule has 122 valence electrons. The third-order valence-electron chi connectivity index (χ3n) is 5.79. The number of aliphatic carboxylic acids is 1. The number of nitrogens with zero attached hydrogens (tertiary/aromatic N) is 2. The molecule has 0 aromatic heterocycles. The average molecular weight is 296 g/mol. The summed E-state index contributed by atoms with van der Waals surface area (Å²) >= 11 is 0. The zero-order valence-electron chi connectivity index (χ0n) is 14.0. The summed E-state index contributed by atoms with van der Waals surface area (Å²) in [6, 6.07) is 1.18. The third-order valence-corrected chi connectivity index (χ3v) is 5.79. The number of carbonyl (C=O) groups is 1. The zero-order valence-corrected chi connectivity index (χ0v) is 14.0. The monoisotopic (exact) mass is 296 g/mol. The van der Waals surface area contributed by atoms with Gasteiger partial charge in [-0.1, -0.05) is 19.3 Å². The molecule has 1 aliphatic heterocycles. The fourth-order valence-corrected chi connectivity index (χ4v) is 4.32. The van der Waals surface area contributed by atoms with Crippen LogP contribution in [0.3, 0.4) is 0 Å². The molecule has 1 N–H and O–H groups in total. The van der Waals surface area contributed by atoms with Crippen LogP contribution in [0.25, 0.3) is 0 Å². The molecule has 0 amide bonds. The first-order valence-corrected chi connectivity index (χ1v) is 8.63. The number of carboxylic acids is 1. The normalized spacial score (nSPS) is 24.6. The maximum atomic E-state index is 11.4. The SMILES string of the molecule is CC(C)N1CCC(N(C)C2(CC(=O)O)CCCCC2)CC1. The molecule has 1 aliphatic carbocycles. The van der Waals surface area contributed by atoms with Crippen LogP contribution in [-0.2, 0) is 4.79 Å². The lowest BCUT2D eigenvalue weighted by atomic mass is 9.76. The standard InChI is InChI=1S/C17H32N2O2/c1-14(2)19-11-7-15(8-12-19)18(3)17(13-16(20)21)9-5-4-6-10-17/h14-15H,4-13H2,1-3H3,(H,20,21). The van der Waals surface area contributed by atoms with Crippen LogP contribution in [0.4, 0.5) is 0 Å². The van der Waals surface area contributed by atoms with E-state index in [4.69, 9.17) is 0 Å². The van der Waals surface area contributed by atoms with Gasteiger partial charge in [-0.15, -0.1) is 0 Å². The molecule has 0 aromatic rings. The minimum Gasteiger partial charge on any atom is -0.481 e. The molecule has 4 nitrogen and oxygen atoms in total. The fourth-order valence-electron chi connectivity index (χ4n) is 4.32. The summed E-state index contributed by atoms with van der Waals surface area (Å²) in [7, 11) is 2.18. The summed E-state index contributed by atoms with van der Waals surface area (Å²) in [5.74, 6) is -0.636. The van der Waals surface area contributed by atoms with Crippen LogP contribution in [-0.4, -0.2) is 58.6 Å². The van der Waals surface area contributed by atoms with Crippen LogP contribution in [0.2, 0.25) is 0 Å². The van der Waals surface area contributed by atoms with E-state index < -0.39 is 5.97 Å². The summed E-state index contributed by atoms with van der Waals surface area (Å²) in [4.78, 5) is 16.4. The molecular weight excluding hydrogens is 264 g/mol. The van der Waals surface area contributed by atoms with E-state index in [1.807, 2.05) is 0 Å². The van der Waals surface area contributed by atoms with Crippen LogP contribution in [0.15, 0.2) is 0 Å². The first-order chi connectivity index (χ1) is 9.94. The maximum Gasteiger partial charge on any atom is 0.305 e. The van der Waals surface area contributed by atoms with Gasteiger partial charge in [0.15, 0.2) is 0 Å². The molecular formula is C17H32N2O2.